The first-order chi connectivity index (χ1) is 8.82. The Balaban J connectivity index is 2.91. The third-order valence-corrected chi connectivity index (χ3v) is 2.50. The van der Waals surface area contributed by atoms with Crippen molar-refractivity contribution in [3.8, 4) is 0 Å². The van der Waals surface area contributed by atoms with Gasteiger partial charge in [-0.05, 0) is 24.5 Å². The number of carbonyl (C=O) groups excluding carboxylic acids is 1. The van der Waals surface area contributed by atoms with Crippen molar-refractivity contribution in [3.63, 3.8) is 0 Å². The van der Waals surface area contributed by atoms with Crippen molar-refractivity contribution < 1.29 is 23.5 Å². The van der Waals surface area contributed by atoms with E-state index < -0.39 is 35.1 Å². The van der Waals surface area contributed by atoms with Gasteiger partial charge in [0, 0.05) is 0 Å². The Labute approximate surface area is 109 Å². The Morgan fingerprint density at radius 2 is 1.79 bits per heavy atom. The molecule has 0 saturated carbocycles. The van der Waals surface area contributed by atoms with Gasteiger partial charge < -0.3 is 10.4 Å². The molecule has 4 nitrogen and oxygen atoms in total. The summed E-state index contributed by atoms with van der Waals surface area (Å²) < 4.78 is 26.7. The van der Waals surface area contributed by atoms with Gasteiger partial charge in [0.15, 0.2) is 0 Å². The summed E-state index contributed by atoms with van der Waals surface area (Å²) in [7, 11) is 0. The van der Waals surface area contributed by atoms with Gasteiger partial charge in [0.2, 0.25) is 0 Å². The van der Waals surface area contributed by atoms with Crippen molar-refractivity contribution in [1.82, 2.24) is 5.32 Å². The van der Waals surface area contributed by atoms with Gasteiger partial charge in [0.05, 0.1) is 0 Å². The molecule has 0 saturated heterocycles. The lowest BCUT2D eigenvalue weighted by Crippen LogP contribution is -2.42. The second kappa shape index (κ2) is 6.26. The molecule has 0 heterocycles. The smallest absolute Gasteiger partial charge is 0.326 e. The lowest BCUT2D eigenvalue weighted by Gasteiger charge is -2.16. The van der Waals surface area contributed by atoms with Gasteiger partial charge in [-0.2, -0.15) is 0 Å². The number of rotatable bonds is 5. The van der Waals surface area contributed by atoms with Crippen LogP contribution in [0.4, 0.5) is 8.78 Å². The predicted molar refractivity (Wildman–Crippen MR) is 64.7 cm³/mol. The molecule has 0 fully saturated rings. The Kier molecular flexibility index (Phi) is 4.97. The molecule has 1 rings (SSSR count). The summed E-state index contributed by atoms with van der Waals surface area (Å²) in [5.41, 5.74) is -0.766. The molecule has 1 aromatic carbocycles. The zero-order chi connectivity index (χ0) is 14.6. The summed E-state index contributed by atoms with van der Waals surface area (Å²) in [5.74, 6) is -4.33. The van der Waals surface area contributed by atoms with Gasteiger partial charge in [0.25, 0.3) is 5.91 Å². The molecule has 0 radical (unpaired) electrons. The molecule has 0 bridgehead atoms. The average Bonchev–Trinajstić information content (AvgIpc) is 2.27. The molecule has 6 heteroatoms. The van der Waals surface area contributed by atoms with E-state index in [0.717, 1.165) is 18.2 Å². The van der Waals surface area contributed by atoms with E-state index in [4.69, 9.17) is 5.11 Å². The second-order valence-electron chi connectivity index (χ2n) is 4.59. The van der Waals surface area contributed by atoms with Gasteiger partial charge in [-0.25, -0.2) is 13.6 Å². The van der Waals surface area contributed by atoms with Crippen LogP contribution in [0, 0.1) is 17.6 Å². The molecule has 2 N–H and O–H groups in total. The number of benzene rings is 1. The molecule has 0 aliphatic rings. The Morgan fingerprint density at radius 1 is 1.26 bits per heavy atom. The van der Waals surface area contributed by atoms with Crippen LogP contribution in [0.15, 0.2) is 18.2 Å². The van der Waals surface area contributed by atoms with E-state index in [2.05, 4.69) is 5.32 Å². The van der Waals surface area contributed by atoms with E-state index in [1.807, 2.05) is 0 Å². The topological polar surface area (TPSA) is 66.4 Å². The SMILES string of the molecule is CC(C)C[C@H](NC(=O)c1c(F)cccc1F)C(=O)O. The largest absolute Gasteiger partial charge is 0.480 e. The van der Waals surface area contributed by atoms with Gasteiger partial charge in [-0.3, -0.25) is 4.79 Å². The summed E-state index contributed by atoms with van der Waals surface area (Å²) >= 11 is 0. The number of aliphatic carboxylic acids is 1. The lowest BCUT2D eigenvalue weighted by molar-refractivity contribution is -0.139. The molecule has 0 spiro atoms. The fourth-order valence-electron chi connectivity index (χ4n) is 1.64. The number of hydrogen-bond donors (Lipinski definition) is 2. The van der Waals surface area contributed by atoms with Crippen molar-refractivity contribution in [2.75, 3.05) is 0 Å². The highest BCUT2D eigenvalue weighted by molar-refractivity contribution is 5.97. The highest BCUT2D eigenvalue weighted by Crippen LogP contribution is 2.13. The summed E-state index contributed by atoms with van der Waals surface area (Å²) in [6, 6.07) is 1.84. The fraction of sp³-hybridized carbons (Fsp3) is 0.385. The third kappa shape index (κ3) is 4.01. The standard InChI is InChI=1S/C13H15F2NO3/c1-7(2)6-10(13(18)19)16-12(17)11-8(14)4-3-5-9(11)15/h3-5,7,10H,6H2,1-2H3,(H,16,17)(H,18,19)/t10-/m0/s1. The van der Waals surface area contributed by atoms with E-state index in [9.17, 15) is 18.4 Å². The van der Waals surface area contributed by atoms with Crippen molar-refractivity contribution in [1.29, 1.82) is 0 Å². The van der Waals surface area contributed by atoms with Gasteiger partial charge in [0.1, 0.15) is 23.2 Å². The molecule has 0 aliphatic carbocycles. The van der Waals surface area contributed by atoms with Crippen LogP contribution in [0.5, 0.6) is 0 Å². The molecule has 1 amide bonds. The van der Waals surface area contributed by atoms with E-state index in [1.165, 1.54) is 0 Å². The normalized spacial score (nSPS) is 12.3. The maximum absolute atomic E-state index is 13.4. The molecular weight excluding hydrogens is 256 g/mol. The summed E-state index contributed by atoms with van der Waals surface area (Å²) in [4.78, 5) is 22.7. The highest BCUT2D eigenvalue weighted by Gasteiger charge is 2.24. The average molecular weight is 271 g/mol. The number of carboxylic acids is 1. The van der Waals surface area contributed by atoms with Crippen LogP contribution in [0.1, 0.15) is 30.6 Å². The van der Waals surface area contributed by atoms with Crippen LogP contribution in [-0.2, 0) is 4.79 Å². The third-order valence-electron chi connectivity index (χ3n) is 2.50. The lowest BCUT2D eigenvalue weighted by atomic mass is 10.0. The summed E-state index contributed by atoms with van der Waals surface area (Å²) in [6.45, 7) is 3.57. The van der Waals surface area contributed by atoms with E-state index in [-0.39, 0.29) is 12.3 Å². The Morgan fingerprint density at radius 3 is 2.21 bits per heavy atom. The van der Waals surface area contributed by atoms with Crippen molar-refractivity contribution in [2.45, 2.75) is 26.3 Å². The number of carbonyl (C=O) groups is 2. The number of nitrogens with one attached hydrogen (secondary N) is 1. The first-order valence-electron chi connectivity index (χ1n) is 5.80. The quantitative estimate of drug-likeness (QED) is 0.862. The van der Waals surface area contributed by atoms with Gasteiger partial charge >= 0.3 is 5.97 Å². The fourth-order valence-corrected chi connectivity index (χ4v) is 1.64. The zero-order valence-corrected chi connectivity index (χ0v) is 10.6. The van der Waals surface area contributed by atoms with Crippen molar-refractivity contribution in [2.24, 2.45) is 5.92 Å². The number of amides is 1. The van der Waals surface area contributed by atoms with Crippen LogP contribution in [0.3, 0.4) is 0 Å². The number of hydrogen-bond acceptors (Lipinski definition) is 2. The minimum absolute atomic E-state index is 0.0202. The molecule has 104 valence electrons. The van der Waals surface area contributed by atoms with Gasteiger partial charge in [-0.1, -0.05) is 19.9 Å². The first kappa shape index (κ1) is 15.1. The van der Waals surface area contributed by atoms with E-state index >= 15 is 0 Å². The van der Waals surface area contributed by atoms with Crippen LogP contribution in [-0.4, -0.2) is 23.0 Å². The molecule has 0 aliphatic heterocycles. The maximum Gasteiger partial charge on any atom is 0.326 e. The minimum Gasteiger partial charge on any atom is -0.480 e. The van der Waals surface area contributed by atoms with E-state index in [0.29, 0.717) is 0 Å². The van der Waals surface area contributed by atoms with Crippen LogP contribution in [0.2, 0.25) is 0 Å². The summed E-state index contributed by atoms with van der Waals surface area (Å²) in [6.07, 6.45) is 0.178. The second-order valence-corrected chi connectivity index (χ2v) is 4.59. The van der Waals surface area contributed by atoms with Crippen molar-refractivity contribution in [3.05, 3.63) is 35.4 Å². The Hall–Kier alpha value is -1.98. The first-order valence-corrected chi connectivity index (χ1v) is 5.80. The van der Waals surface area contributed by atoms with Crippen LogP contribution >= 0.6 is 0 Å². The Bertz CT molecular complexity index is 469. The van der Waals surface area contributed by atoms with E-state index in [1.54, 1.807) is 13.8 Å². The number of carboxylic acid groups (broad SMARTS) is 1. The summed E-state index contributed by atoms with van der Waals surface area (Å²) in [5, 5.41) is 11.1. The molecule has 1 atom stereocenters. The molecule has 1 aromatic rings. The minimum atomic E-state index is -1.24. The molecule has 0 aromatic heterocycles. The number of halogens is 2. The van der Waals surface area contributed by atoms with Crippen LogP contribution in [0.25, 0.3) is 0 Å². The van der Waals surface area contributed by atoms with Crippen LogP contribution < -0.4 is 5.32 Å². The monoisotopic (exact) mass is 271 g/mol. The molecule has 0 unspecified atom stereocenters. The van der Waals surface area contributed by atoms with Crippen molar-refractivity contribution >= 4 is 11.9 Å². The molecular formula is C13H15F2NO3. The zero-order valence-electron chi connectivity index (χ0n) is 10.6. The molecule has 19 heavy (non-hydrogen) atoms. The highest BCUT2D eigenvalue weighted by atomic mass is 19.1. The maximum atomic E-state index is 13.4. The predicted octanol–water partition coefficient (Wildman–Crippen LogP) is 2.19. The van der Waals surface area contributed by atoms with Gasteiger partial charge in [-0.15, -0.1) is 0 Å².